The zero-order valence-corrected chi connectivity index (χ0v) is 7.77. The molecular weight excluding hydrogens is 158 g/mol. The molecule has 1 aromatic heterocycles. The molecule has 0 amide bonds. The highest BCUT2D eigenvalue weighted by atomic mass is 32.2. The van der Waals surface area contributed by atoms with E-state index in [9.17, 15) is 0 Å². The molecule has 1 heterocycles. The van der Waals surface area contributed by atoms with Crippen LogP contribution in [0.2, 0.25) is 0 Å². The normalized spacial score (nSPS) is 10.4. The van der Waals surface area contributed by atoms with E-state index in [1.807, 2.05) is 6.26 Å². The Labute approximate surface area is 71.2 Å². The van der Waals surface area contributed by atoms with Crippen LogP contribution in [0.1, 0.15) is 19.8 Å². The molecule has 0 unspecified atom stereocenters. The van der Waals surface area contributed by atoms with Crippen molar-refractivity contribution in [1.29, 1.82) is 0 Å². The molecule has 1 aromatic rings. The average molecular weight is 171 g/mol. The Morgan fingerprint density at radius 2 is 2.45 bits per heavy atom. The van der Waals surface area contributed by atoms with Crippen LogP contribution >= 0.6 is 11.8 Å². The number of rotatable bonds is 4. The first kappa shape index (κ1) is 8.59. The summed E-state index contributed by atoms with van der Waals surface area (Å²) in [5, 5.41) is 8.81. The van der Waals surface area contributed by atoms with Gasteiger partial charge in [-0.25, -0.2) is 0 Å². The Hall–Kier alpha value is -0.510. The summed E-state index contributed by atoms with van der Waals surface area (Å²) in [6, 6.07) is 0. The molecule has 0 saturated carbocycles. The molecule has 4 heteroatoms. The first-order valence-electron chi connectivity index (χ1n) is 3.80. The standard InChI is InChI=1S/C7H13N3S/c1-3-4-5-10-6-8-9-7(10)11-2/h6H,3-5H2,1-2H3. The quantitative estimate of drug-likeness (QED) is 0.647. The van der Waals surface area contributed by atoms with Crippen molar-refractivity contribution >= 4 is 11.8 Å². The monoisotopic (exact) mass is 171 g/mol. The highest BCUT2D eigenvalue weighted by molar-refractivity contribution is 7.98. The van der Waals surface area contributed by atoms with Crippen molar-refractivity contribution in [2.75, 3.05) is 6.26 Å². The van der Waals surface area contributed by atoms with E-state index in [-0.39, 0.29) is 0 Å². The van der Waals surface area contributed by atoms with Crippen LogP contribution < -0.4 is 0 Å². The van der Waals surface area contributed by atoms with Crippen molar-refractivity contribution in [2.24, 2.45) is 0 Å². The predicted molar refractivity (Wildman–Crippen MR) is 46.7 cm³/mol. The molecule has 3 nitrogen and oxygen atoms in total. The molecule has 0 atom stereocenters. The van der Waals surface area contributed by atoms with Crippen LogP contribution in [-0.4, -0.2) is 21.0 Å². The second kappa shape index (κ2) is 4.38. The molecule has 0 N–H and O–H groups in total. The highest BCUT2D eigenvalue weighted by Gasteiger charge is 1.99. The molecule has 0 bridgehead atoms. The van der Waals surface area contributed by atoms with Gasteiger partial charge in [-0.2, -0.15) is 0 Å². The van der Waals surface area contributed by atoms with Gasteiger partial charge in [0.1, 0.15) is 6.33 Å². The minimum Gasteiger partial charge on any atom is -0.309 e. The second-order valence-electron chi connectivity index (χ2n) is 2.36. The van der Waals surface area contributed by atoms with Crippen LogP contribution in [0.5, 0.6) is 0 Å². The molecule has 0 fully saturated rings. The average Bonchev–Trinajstić information content (AvgIpc) is 2.47. The maximum Gasteiger partial charge on any atom is 0.190 e. The summed E-state index contributed by atoms with van der Waals surface area (Å²) in [6.45, 7) is 3.22. The Kier molecular flexibility index (Phi) is 3.42. The third kappa shape index (κ3) is 2.22. The zero-order valence-electron chi connectivity index (χ0n) is 6.95. The predicted octanol–water partition coefficient (Wildman–Crippen LogP) is 1.80. The molecular formula is C7H13N3S. The molecule has 0 spiro atoms. The number of hydrogen-bond acceptors (Lipinski definition) is 3. The van der Waals surface area contributed by atoms with Gasteiger partial charge in [0.25, 0.3) is 0 Å². The maximum atomic E-state index is 3.96. The summed E-state index contributed by atoms with van der Waals surface area (Å²) in [4.78, 5) is 0. The molecule has 0 saturated heterocycles. The van der Waals surface area contributed by atoms with E-state index in [4.69, 9.17) is 0 Å². The maximum absolute atomic E-state index is 3.96. The molecule has 1 rings (SSSR count). The summed E-state index contributed by atoms with van der Waals surface area (Å²) in [5.74, 6) is 0. The van der Waals surface area contributed by atoms with Gasteiger partial charge in [-0.3, -0.25) is 0 Å². The van der Waals surface area contributed by atoms with Gasteiger partial charge in [0.15, 0.2) is 5.16 Å². The van der Waals surface area contributed by atoms with Crippen molar-refractivity contribution in [1.82, 2.24) is 14.8 Å². The van der Waals surface area contributed by atoms with Crippen LogP contribution in [0, 0.1) is 0 Å². The summed E-state index contributed by atoms with van der Waals surface area (Å²) in [6.07, 6.45) is 6.23. The van der Waals surface area contributed by atoms with Gasteiger partial charge in [0.05, 0.1) is 0 Å². The number of unbranched alkanes of at least 4 members (excludes halogenated alkanes) is 1. The van der Waals surface area contributed by atoms with Gasteiger partial charge in [-0.1, -0.05) is 25.1 Å². The summed E-state index contributed by atoms with van der Waals surface area (Å²) in [7, 11) is 0. The van der Waals surface area contributed by atoms with Crippen molar-refractivity contribution in [2.45, 2.75) is 31.5 Å². The van der Waals surface area contributed by atoms with Crippen LogP contribution in [0.3, 0.4) is 0 Å². The van der Waals surface area contributed by atoms with Crippen LogP contribution in [0.4, 0.5) is 0 Å². The van der Waals surface area contributed by atoms with Crippen molar-refractivity contribution < 1.29 is 0 Å². The molecule has 0 radical (unpaired) electrons. The second-order valence-corrected chi connectivity index (χ2v) is 3.14. The van der Waals surface area contributed by atoms with Gasteiger partial charge in [-0.15, -0.1) is 10.2 Å². The first-order valence-corrected chi connectivity index (χ1v) is 5.02. The van der Waals surface area contributed by atoms with Crippen LogP contribution in [0.25, 0.3) is 0 Å². The van der Waals surface area contributed by atoms with Crippen LogP contribution in [-0.2, 0) is 6.54 Å². The van der Waals surface area contributed by atoms with Crippen molar-refractivity contribution in [3.63, 3.8) is 0 Å². The van der Waals surface area contributed by atoms with Gasteiger partial charge in [0.2, 0.25) is 0 Å². The van der Waals surface area contributed by atoms with Gasteiger partial charge in [-0.05, 0) is 12.7 Å². The van der Waals surface area contributed by atoms with E-state index in [1.165, 1.54) is 12.8 Å². The first-order chi connectivity index (χ1) is 5.38. The Morgan fingerprint density at radius 1 is 1.64 bits per heavy atom. The molecule has 0 aliphatic heterocycles. The van der Waals surface area contributed by atoms with Gasteiger partial charge < -0.3 is 4.57 Å². The third-order valence-electron chi connectivity index (χ3n) is 1.52. The minimum atomic E-state index is 1.01. The Bertz CT molecular complexity index is 209. The lowest BCUT2D eigenvalue weighted by Gasteiger charge is -2.01. The van der Waals surface area contributed by atoms with E-state index < -0.39 is 0 Å². The lowest BCUT2D eigenvalue weighted by molar-refractivity contribution is 0.587. The molecule has 62 valence electrons. The number of hydrogen-bond donors (Lipinski definition) is 0. The fourth-order valence-electron chi connectivity index (χ4n) is 0.884. The van der Waals surface area contributed by atoms with E-state index >= 15 is 0 Å². The Morgan fingerprint density at radius 3 is 3.09 bits per heavy atom. The SMILES string of the molecule is CCCCn1cnnc1SC. The smallest absolute Gasteiger partial charge is 0.190 e. The fourth-order valence-corrected chi connectivity index (χ4v) is 1.39. The van der Waals surface area contributed by atoms with E-state index in [0.29, 0.717) is 0 Å². The zero-order chi connectivity index (χ0) is 8.10. The van der Waals surface area contributed by atoms with Crippen molar-refractivity contribution in [3.8, 4) is 0 Å². The summed E-state index contributed by atoms with van der Waals surface area (Å²) >= 11 is 1.64. The molecule has 0 aliphatic rings. The van der Waals surface area contributed by atoms with E-state index in [2.05, 4.69) is 21.7 Å². The van der Waals surface area contributed by atoms with Gasteiger partial charge >= 0.3 is 0 Å². The summed E-state index contributed by atoms with van der Waals surface area (Å²) in [5.41, 5.74) is 0. The topological polar surface area (TPSA) is 30.7 Å². The highest BCUT2D eigenvalue weighted by Crippen LogP contribution is 2.10. The molecule has 0 aliphatic carbocycles. The molecule has 0 aromatic carbocycles. The number of nitrogens with zero attached hydrogens (tertiary/aromatic N) is 3. The molecule has 11 heavy (non-hydrogen) atoms. The lowest BCUT2D eigenvalue weighted by Crippen LogP contribution is -1.97. The van der Waals surface area contributed by atoms with E-state index in [0.717, 1.165) is 11.7 Å². The van der Waals surface area contributed by atoms with Crippen molar-refractivity contribution in [3.05, 3.63) is 6.33 Å². The number of aryl methyl sites for hydroxylation is 1. The minimum absolute atomic E-state index is 1.01. The van der Waals surface area contributed by atoms with Crippen LogP contribution in [0.15, 0.2) is 11.5 Å². The van der Waals surface area contributed by atoms with E-state index in [1.54, 1.807) is 18.1 Å². The third-order valence-corrected chi connectivity index (χ3v) is 2.20. The lowest BCUT2D eigenvalue weighted by atomic mass is 10.3. The fraction of sp³-hybridized carbons (Fsp3) is 0.714. The number of aromatic nitrogens is 3. The van der Waals surface area contributed by atoms with Gasteiger partial charge in [0, 0.05) is 6.54 Å². The largest absolute Gasteiger partial charge is 0.309 e. The number of thioether (sulfide) groups is 1. The summed E-state index contributed by atoms with van der Waals surface area (Å²) < 4.78 is 2.09. The Balaban J connectivity index is 2.54.